The van der Waals surface area contributed by atoms with E-state index in [-0.39, 0.29) is 39.3 Å². The van der Waals surface area contributed by atoms with E-state index >= 15 is 0 Å². The highest BCUT2D eigenvalue weighted by atomic mass is 16.5. The molecule has 5 amide bonds. The summed E-state index contributed by atoms with van der Waals surface area (Å²) in [5, 5.41) is 19.7. The molecule has 0 saturated heterocycles. The summed E-state index contributed by atoms with van der Waals surface area (Å²) < 4.78 is 12.1. The SMILES string of the molecule is CCCCc1ccc(-c2cccc(C(=O)NCC(=O)N(C)C3C(=O)N[C@@H](C)C(=O)NC(C(=O)NCC#N)Cc4ccc(OCCN)c(c4)-c4cc3ccc4OCCN)c2)cc1. The van der Waals surface area contributed by atoms with Crippen LogP contribution in [-0.4, -0.2) is 93.0 Å². The first-order valence-electron chi connectivity index (χ1n) is 20.4. The third-order valence-corrected chi connectivity index (χ3v) is 10.2. The Hall–Kier alpha value is -6.76. The minimum atomic E-state index is -1.32. The number of unbranched alkanes of at least 4 members (excludes halogenated alkanes) is 1. The standard InChI is InChI=1S/C46H54N8O7/c1-4-5-7-30-10-13-32(14-11-30)33-8-6-9-35(26-33)44(57)51-28-41(55)54(3)42-34-15-17-40(61-23-20-49)37(27-34)36-24-31(12-16-39(36)60-22-19-48)25-38(45(58)50-21-18-47)53-43(56)29(2)52-46(42)59/h6,8-17,24,26-27,29,38,42H,4-5,7,19-23,25,28,48-49H2,1-3H3,(H,50,58)(H,51,57)(H,52,59)(H,53,56)/t29-,38?,42?/m0/s1. The molecule has 3 atom stereocenters. The fourth-order valence-corrected chi connectivity index (χ4v) is 6.94. The molecule has 2 unspecified atom stereocenters. The van der Waals surface area contributed by atoms with Gasteiger partial charge in [-0.1, -0.05) is 61.9 Å². The molecular weight excluding hydrogens is 777 g/mol. The summed E-state index contributed by atoms with van der Waals surface area (Å²) in [5.74, 6) is -2.25. The number of amides is 5. The summed E-state index contributed by atoms with van der Waals surface area (Å²) in [6.07, 6.45) is 3.24. The highest BCUT2D eigenvalue weighted by Crippen LogP contribution is 2.40. The number of likely N-dealkylation sites (N-methyl/N-ethyl adjacent to an activating group) is 1. The van der Waals surface area contributed by atoms with Gasteiger partial charge in [0.05, 0.1) is 12.6 Å². The number of ether oxygens (including phenoxy) is 2. The van der Waals surface area contributed by atoms with Crippen LogP contribution in [0.1, 0.15) is 59.8 Å². The molecule has 0 radical (unpaired) electrons. The largest absolute Gasteiger partial charge is 0.492 e. The fraction of sp³-hybridized carbons (Fsp3) is 0.348. The summed E-state index contributed by atoms with van der Waals surface area (Å²) in [5.41, 5.74) is 17.0. The smallest absolute Gasteiger partial charge is 0.251 e. The molecule has 0 saturated carbocycles. The van der Waals surface area contributed by atoms with E-state index in [1.165, 1.54) is 24.4 Å². The van der Waals surface area contributed by atoms with Crippen molar-refractivity contribution in [3.05, 3.63) is 107 Å². The molecule has 5 rings (SSSR count). The number of nitrogens with one attached hydrogen (secondary N) is 4. The normalized spacial score (nSPS) is 16.2. The molecule has 15 heteroatoms. The van der Waals surface area contributed by atoms with E-state index in [4.69, 9.17) is 26.2 Å². The van der Waals surface area contributed by atoms with Crippen molar-refractivity contribution >= 4 is 29.5 Å². The van der Waals surface area contributed by atoms with Crippen LogP contribution in [0.3, 0.4) is 0 Å². The summed E-state index contributed by atoms with van der Waals surface area (Å²) in [6.45, 7) is 3.62. The second kappa shape index (κ2) is 22.0. The molecule has 4 aromatic carbocycles. The van der Waals surface area contributed by atoms with Gasteiger partial charge in [-0.15, -0.1) is 0 Å². The number of hydrogen-bond acceptors (Lipinski definition) is 10. The first-order valence-corrected chi connectivity index (χ1v) is 20.4. The number of fused-ring (bicyclic) bond motifs is 5. The van der Waals surface area contributed by atoms with E-state index in [1.807, 2.05) is 24.3 Å². The van der Waals surface area contributed by atoms with E-state index in [0.717, 1.165) is 30.4 Å². The van der Waals surface area contributed by atoms with Crippen molar-refractivity contribution in [2.45, 2.75) is 57.7 Å². The van der Waals surface area contributed by atoms with Crippen LogP contribution in [0.5, 0.6) is 11.5 Å². The molecular formula is C46H54N8O7. The highest BCUT2D eigenvalue weighted by molar-refractivity contribution is 5.99. The molecule has 0 aliphatic carbocycles. The zero-order valence-corrected chi connectivity index (χ0v) is 34.8. The lowest BCUT2D eigenvalue weighted by Gasteiger charge is -2.30. The fourth-order valence-electron chi connectivity index (χ4n) is 6.94. The summed E-state index contributed by atoms with van der Waals surface area (Å²) in [7, 11) is 1.43. The van der Waals surface area contributed by atoms with Crippen molar-refractivity contribution in [2.75, 3.05) is 46.4 Å². The van der Waals surface area contributed by atoms with Crippen molar-refractivity contribution in [3.63, 3.8) is 0 Å². The number of benzene rings is 4. The van der Waals surface area contributed by atoms with E-state index in [2.05, 4.69) is 40.3 Å². The average molecular weight is 831 g/mol. The Bertz CT molecular complexity index is 2240. The maximum absolute atomic E-state index is 14.3. The predicted octanol–water partition coefficient (Wildman–Crippen LogP) is 3.15. The molecule has 15 nitrogen and oxygen atoms in total. The average Bonchev–Trinajstić information content (AvgIpc) is 3.27. The van der Waals surface area contributed by atoms with Crippen molar-refractivity contribution in [3.8, 4) is 39.8 Å². The zero-order chi connectivity index (χ0) is 43.9. The molecule has 61 heavy (non-hydrogen) atoms. The van der Waals surface area contributed by atoms with Gasteiger partial charge < -0.3 is 47.1 Å². The number of rotatable bonds is 16. The number of nitrogens with two attached hydrogens (primary N) is 2. The number of hydrogen-bond donors (Lipinski definition) is 6. The molecule has 8 N–H and O–H groups in total. The first kappa shape index (κ1) is 45.3. The molecule has 1 aliphatic rings. The molecule has 1 heterocycles. The van der Waals surface area contributed by atoms with Crippen LogP contribution in [0.4, 0.5) is 0 Å². The Morgan fingerprint density at radius 2 is 1.54 bits per heavy atom. The number of aryl methyl sites for hydroxylation is 1. The Balaban J connectivity index is 1.49. The second-order valence-electron chi connectivity index (χ2n) is 14.7. The minimum Gasteiger partial charge on any atom is -0.492 e. The minimum absolute atomic E-state index is 0.0224. The Morgan fingerprint density at radius 1 is 0.852 bits per heavy atom. The van der Waals surface area contributed by atoms with E-state index < -0.39 is 54.2 Å². The van der Waals surface area contributed by atoms with Gasteiger partial charge in [0.2, 0.25) is 23.6 Å². The monoisotopic (exact) mass is 830 g/mol. The first-order chi connectivity index (χ1) is 29.5. The summed E-state index contributed by atoms with van der Waals surface area (Å²) in [6, 6.07) is 23.8. The lowest BCUT2D eigenvalue weighted by Crippen LogP contribution is -2.55. The zero-order valence-electron chi connectivity index (χ0n) is 34.8. The van der Waals surface area contributed by atoms with E-state index in [0.29, 0.717) is 39.3 Å². The van der Waals surface area contributed by atoms with Crippen LogP contribution in [0.15, 0.2) is 84.9 Å². The summed E-state index contributed by atoms with van der Waals surface area (Å²) >= 11 is 0. The van der Waals surface area contributed by atoms with Gasteiger partial charge in [-0.05, 0) is 84.0 Å². The van der Waals surface area contributed by atoms with Crippen molar-refractivity contribution < 1.29 is 33.4 Å². The van der Waals surface area contributed by atoms with Gasteiger partial charge in [0.25, 0.3) is 5.91 Å². The van der Waals surface area contributed by atoms with Crippen LogP contribution < -0.4 is 42.2 Å². The second-order valence-corrected chi connectivity index (χ2v) is 14.7. The van der Waals surface area contributed by atoms with Crippen molar-refractivity contribution in [2.24, 2.45) is 11.5 Å². The van der Waals surface area contributed by atoms with Gasteiger partial charge in [0, 0.05) is 43.2 Å². The van der Waals surface area contributed by atoms with Crippen LogP contribution in [-0.2, 0) is 32.0 Å². The number of nitrogens with zero attached hydrogens (tertiary/aromatic N) is 2. The summed E-state index contributed by atoms with van der Waals surface area (Å²) in [4.78, 5) is 69.8. The molecule has 0 spiro atoms. The van der Waals surface area contributed by atoms with Crippen LogP contribution >= 0.6 is 0 Å². The molecule has 1 aliphatic heterocycles. The molecule has 4 bridgehead atoms. The van der Waals surface area contributed by atoms with Gasteiger partial charge in [-0.25, -0.2) is 0 Å². The molecule has 320 valence electrons. The Kier molecular flexibility index (Phi) is 16.4. The molecule has 0 aromatic heterocycles. The van der Waals surface area contributed by atoms with Crippen LogP contribution in [0, 0.1) is 11.3 Å². The predicted molar refractivity (Wildman–Crippen MR) is 231 cm³/mol. The maximum atomic E-state index is 14.3. The van der Waals surface area contributed by atoms with Crippen LogP contribution in [0.2, 0.25) is 0 Å². The Labute approximate surface area is 356 Å². The lowest BCUT2D eigenvalue weighted by molar-refractivity contribution is -0.139. The topological polar surface area (TPSA) is 231 Å². The number of carbonyl (C=O) groups is 5. The third-order valence-electron chi connectivity index (χ3n) is 10.2. The third kappa shape index (κ3) is 11.9. The van der Waals surface area contributed by atoms with Gasteiger partial charge in [0.1, 0.15) is 49.4 Å². The molecule has 4 aromatic rings. The maximum Gasteiger partial charge on any atom is 0.251 e. The quantitative estimate of drug-likeness (QED) is 0.0904. The van der Waals surface area contributed by atoms with E-state index in [1.54, 1.807) is 54.6 Å². The lowest BCUT2D eigenvalue weighted by atomic mass is 9.93. The highest BCUT2D eigenvalue weighted by Gasteiger charge is 2.33. The molecule has 0 fully saturated rings. The van der Waals surface area contributed by atoms with Crippen molar-refractivity contribution in [1.82, 2.24) is 26.2 Å². The number of nitriles is 1. The van der Waals surface area contributed by atoms with Gasteiger partial charge >= 0.3 is 0 Å². The van der Waals surface area contributed by atoms with Gasteiger partial charge in [0.15, 0.2) is 0 Å². The van der Waals surface area contributed by atoms with E-state index in [9.17, 15) is 24.0 Å². The number of carbonyl (C=O) groups excluding carboxylic acids is 5. The van der Waals surface area contributed by atoms with Crippen LogP contribution in [0.25, 0.3) is 22.3 Å². The Morgan fingerprint density at radius 3 is 2.21 bits per heavy atom. The van der Waals surface area contributed by atoms with Gasteiger partial charge in [-0.2, -0.15) is 5.26 Å². The van der Waals surface area contributed by atoms with Crippen molar-refractivity contribution in [1.29, 1.82) is 5.26 Å². The van der Waals surface area contributed by atoms with Gasteiger partial charge in [-0.3, -0.25) is 24.0 Å².